The molecule has 2 aromatic rings. The van der Waals surface area contributed by atoms with Gasteiger partial charge in [0.15, 0.2) is 0 Å². The molecule has 0 atom stereocenters. The molecule has 0 saturated carbocycles. The SMILES string of the molecule is COc1ccnc(N2CCc3nc(C)n(C)c(=O)c3CC2)n1. The molecule has 0 radical (unpaired) electrons. The molecule has 116 valence electrons. The van der Waals surface area contributed by atoms with E-state index >= 15 is 0 Å². The van der Waals surface area contributed by atoms with Crippen molar-refractivity contribution in [3.05, 3.63) is 39.7 Å². The van der Waals surface area contributed by atoms with Gasteiger partial charge in [-0.15, -0.1) is 0 Å². The molecule has 1 aliphatic rings. The fourth-order valence-corrected chi connectivity index (χ4v) is 2.67. The van der Waals surface area contributed by atoms with Crippen LogP contribution in [0.4, 0.5) is 5.95 Å². The van der Waals surface area contributed by atoms with Crippen LogP contribution < -0.4 is 15.2 Å². The van der Waals surface area contributed by atoms with E-state index in [2.05, 4.69) is 19.9 Å². The molecule has 22 heavy (non-hydrogen) atoms. The van der Waals surface area contributed by atoms with E-state index in [1.165, 1.54) is 0 Å². The number of hydrogen-bond donors (Lipinski definition) is 0. The van der Waals surface area contributed by atoms with E-state index in [1.807, 2.05) is 6.92 Å². The Bertz CT molecular complexity index is 756. The van der Waals surface area contributed by atoms with Crippen LogP contribution in [0.2, 0.25) is 0 Å². The van der Waals surface area contributed by atoms with Crippen molar-refractivity contribution in [1.29, 1.82) is 0 Å². The van der Waals surface area contributed by atoms with Gasteiger partial charge < -0.3 is 9.64 Å². The highest BCUT2D eigenvalue weighted by Gasteiger charge is 2.21. The fraction of sp³-hybridized carbons (Fsp3) is 0.467. The molecule has 7 nitrogen and oxygen atoms in total. The van der Waals surface area contributed by atoms with Crippen molar-refractivity contribution in [1.82, 2.24) is 19.5 Å². The molecule has 0 amide bonds. The third-order valence-corrected chi connectivity index (χ3v) is 4.05. The van der Waals surface area contributed by atoms with Gasteiger partial charge in [-0.3, -0.25) is 9.36 Å². The predicted octanol–water partition coefficient (Wildman–Crippen LogP) is 0.493. The van der Waals surface area contributed by atoms with Gasteiger partial charge in [0.25, 0.3) is 5.56 Å². The molecular weight excluding hydrogens is 282 g/mol. The number of rotatable bonds is 2. The Hall–Kier alpha value is -2.44. The van der Waals surface area contributed by atoms with Crippen LogP contribution in [0.25, 0.3) is 0 Å². The number of methoxy groups -OCH3 is 1. The smallest absolute Gasteiger partial charge is 0.256 e. The molecule has 0 bridgehead atoms. The lowest BCUT2D eigenvalue weighted by atomic mass is 10.1. The summed E-state index contributed by atoms with van der Waals surface area (Å²) in [5.41, 5.74) is 1.75. The summed E-state index contributed by atoms with van der Waals surface area (Å²) in [7, 11) is 3.35. The van der Waals surface area contributed by atoms with Gasteiger partial charge in [-0.25, -0.2) is 9.97 Å². The van der Waals surface area contributed by atoms with E-state index < -0.39 is 0 Å². The van der Waals surface area contributed by atoms with Crippen LogP contribution in [0.15, 0.2) is 17.1 Å². The van der Waals surface area contributed by atoms with Gasteiger partial charge in [-0.2, -0.15) is 4.98 Å². The quantitative estimate of drug-likeness (QED) is 0.804. The van der Waals surface area contributed by atoms with E-state index in [0.29, 0.717) is 31.2 Å². The molecular formula is C15H19N5O2. The van der Waals surface area contributed by atoms with Crippen LogP contribution in [-0.2, 0) is 19.9 Å². The second kappa shape index (κ2) is 5.75. The topological polar surface area (TPSA) is 73.1 Å². The number of fused-ring (bicyclic) bond motifs is 1. The molecule has 0 saturated heterocycles. The number of hydrogen-bond acceptors (Lipinski definition) is 6. The molecule has 0 spiro atoms. The maximum absolute atomic E-state index is 12.4. The molecule has 2 aromatic heterocycles. The van der Waals surface area contributed by atoms with Crippen molar-refractivity contribution >= 4 is 5.95 Å². The lowest BCUT2D eigenvalue weighted by molar-refractivity contribution is 0.396. The van der Waals surface area contributed by atoms with E-state index in [1.54, 1.807) is 31.0 Å². The first kappa shape index (κ1) is 14.5. The number of nitrogens with zero attached hydrogens (tertiary/aromatic N) is 5. The average molecular weight is 301 g/mol. The van der Waals surface area contributed by atoms with Crippen LogP contribution in [0.1, 0.15) is 17.1 Å². The molecule has 7 heteroatoms. The molecule has 3 rings (SSSR count). The van der Waals surface area contributed by atoms with E-state index in [0.717, 1.165) is 23.6 Å². The largest absolute Gasteiger partial charge is 0.481 e. The Balaban J connectivity index is 1.90. The zero-order valence-electron chi connectivity index (χ0n) is 13.0. The first-order valence-electron chi connectivity index (χ1n) is 7.27. The monoisotopic (exact) mass is 301 g/mol. The first-order valence-corrected chi connectivity index (χ1v) is 7.27. The van der Waals surface area contributed by atoms with Crippen molar-refractivity contribution in [2.45, 2.75) is 19.8 Å². The van der Waals surface area contributed by atoms with E-state index in [4.69, 9.17) is 4.74 Å². The van der Waals surface area contributed by atoms with Gasteiger partial charge in [0.2, 0.25) is 11.8 Å². The predicted molar refractivity (Wildman–Crippen MR) is 82.4 cm³/mol. The number of ether oxygens (including phenoxy) is 1. The lowest BCUT2D eigenvalue weighted by Gasteiger charge is -2.19. The second-order valence-electron chi connectivity index (χ2n) is 5.33. The molecule has 0 aliphatic carbocycles. The number of aryl methyl sites for hydroxylation is 1. The normalized spacial score (nSPS) is 14.4. The highest BCUT2D eigenvalue weighted by molar-refractivity contribution is 5.35. The molecule has 1 aliphatic heterocycles. The summed E-state index contributed by atoms with van der Waals surface area (Å²) in [6, 6.07) is 1.72. The Kier molecular flexibility index (Phi) is 3.79. The summed E-state index contributed by atoms with van der Waals surface area (Å²) in [4.78, 5) is 27.7. The highest BCUT2D eigenvalue weighted by atomic mass is 16.5. The van der Waals surface area contributed by atoms with Gasteiger partial charge in [-0.05, 0) is 13.3 Å². The van der Waals surface area contributed by atoms with Gasteiger partial charge in [0.1, 0.15) is 5.82 Å². The minimum absolute atomic E-state index is 0.0518. The van der Waals surface area contributed by atoms with Crippen LogP contribution >= 0.6 is 0 Å². The Morgan fingerprint density at radius 3 is 2.77 bits per heavy atom. The Labute approximate surface area is 128 Å². The molecule has 0 N–H and O–H groups in total. The molecule has 0 unspecified atom stereocenters. The lowest BCUT2D eigenvalue weighted by Crippen LogP contribution is -2.29. The standard InChI is InChI=1S/C15H19N5O2/c1-10-17-12-6-9-20(8-5-11(12)14(21)19(10)2)15-16-7-4-13(18-15)22-3/h4,7H,5-6,8-9H2,1-3H3. The average Bonchev–Trinajstić information content (AvgIpc) is 2.75. The fourth-order valence-electron chi connectivity index (χ4n) is 2.67. The van der Waals surface area contributed by atoms with Crippen molar-refractivity contribution < 1.29 is 4.74 Å². The molecule has 3 heterocycles. The Morgan fingerprint density at radius 2 is 2.00 bits per heavy atom. The van der Waals surface area contributed by atoms with Gasteiger partial charge in [-0.1, -0.05) is 0 Å². The van der Waals surface area contributed by atoms with Crippen LogP contribution in [0.3, 0.4) is 0 Å². The summed E-state index contributed by atoms with van der Waals surface area (Å²) in [6.07, 6.45) is 3.04. The van der Waals surface area contributed by atoms with Gasteiger partial charge in [0, 0.05) is 44.4 Å². The van der Waals surface area contributed by atoms with E-state index in [-0.39, 0.29) is 5.56 Å². The van der Waals surface area contributed by atoms with Crippen molar-refractivity contribution in [2.75, 3.05) is 25.1 Å². The summed E-state index contributed by atoms with van der Waals surface area (Å²) in [6.45, 7) is 3.29. The maximum Gasteiger partial charge on any atom is 0.256 e. The first-order chi connectivity index (χ1) is 10.6. The van der Waals surface area contributed by atoms with Crippen molar-refractivity contribution in [2.24, 2.45) is 7.05 Å². The third-order valence-electron chi connectivity index (χ3n) is 4.05. The second-order valence-corrected chi connectivity index (χ2v) is 5.33. The minimum Gasteiger partial charge on any atom is -0.481 e. The van der Waals surface area contributed by atoms with Crippen molar-refractivity contribution in [3.8, 4) is 5.88 Å². The summed E-state index contributed by atoms with van der Waals surface area (Å²) in [5, 5.41) is 0. The maximum atomic E-state index is 12.4. The van der Waals surface area contributed by atoms with Crippen LogP contribution in [0, 0.1) is 6.92 Å². The summed E-state index contributed by atoms with van der Waals surface area (Å²) >= 11 is 0. The van der Waals surface area contributed by atoms with Gasteiger partial charge in [0.05, 0.1) is 12.8 Å². The van der Waals surface area contributed by atoms with Crippen LogP contribution in [0.5, 0.6) is 5.88 Å². The zero-order chi connectivity index (χ0) is 15.7. The van der Waals surface area contributed by atoms with Crippen LogP contribution in [-0.4, -0.2) is 39.7 Å². The van der Waals surface area contributed by atoms with Crippen molar-refractivity contribution in [3.63, 3.8) is 0 Å². The number of aromatic nitrogens is 4. The summed E-state index contributed by atoms with van der Waals surface area (Å²) in [5.74, 6) is 1.91. The molecule has 0 aromatic carbocycles. The number of anilines is 1. The van der Waals surface area contributed by atoms with E-state index in [9.17, 15) is 4.79 Å². The molecule has 0 fully saturated rings. The highest BCUT2D eigenvalue weighted by Crippen LogP contribution is 2.17. The Morgan fingerprint density at radius 1 is 1.23 bits per heavy atom. The van der Waals surface area contributed by atoms with Gasteiger partial charge >= 0.3 is 0 Å². The zero-order valence-corrected chi connectivity index (χ0v) is 13.0. The third kappa shape index (κ3) is 2.54. The minimum atomic E-state index is 0.0518. The summed E-state index contributed by atoms with van der Waals surface area (Å²) < 4.78 is 6.75.